The molecule has 5 heteroatoms. The molecular weight excluding hydrogens is 309 g/mol. The number of rotatable bonds is 5. The molecule has 1 unspecified atom stereocenters. The van der Waals surface area contributed by atoms with Crippen LogP contribution in [0.15, 0.2) is 35.0 Å². The number of piperazine rings is 1. The van der Waals surface area contributed by atoms with Crippen LogP contribution in [0.2, 0.25) is 0 Å². The Bertz CT molecular complexity index is 621. The summed E-state index contributed by atoms with van der Waals surface area (Å²) in [6.45, 7) is 7.00. The molecule has 1 aliphatic rings. The van der Waals surface area contributed by atoms with E-state index >= 15 is 0 Å². The summed E-state index contributed by atoms with van der Waals surface area (Å²) in [5.74, 6) is -0.165. The zero-order chi connectivity index (χ0) is 16.2. The van der Waals surface area contributed by atoms with Crippen molar-refractivity contribution in [2.45, 2.75) is 19.5 Å². The van der Waals surface area contributed by atoms with Crippen molar-refractivity contribution in [1.29, 1.82) is 0 Å². The van der Waals surface area contributed by atoms with Crippen molar-refractivity contribution in [1.82, 2.24) is 10.2 Å². The van der Waals surface area contributed by atoms with Crippen LogP contribution in [0.4, 0.5) is 10.1 Å². The highest BCUT2D eigenvalue weighted by molar-refractivity contribution is 7.07. The van der Waals surface area contributed by atoms with Gasteiger partial charge in [0.05, 0.1) is 0 Å². The van der Waals surface area contributed by atoms with Crippen LogP contribution in [0.5, 0.6) is 0 Å². The van der Waals surface area contributed by atoms with Crippen molar-refractivity contribution >= 4 is 17.0 Å². The van der Waals surface area contributed by atoms with Gasteiger partial charge in [0.25, 0.3) is 0 Å². The number of hydrogen-bond donors (Lipinski definition) is 1. The summed E-state index contributed by atoms with van der Waals surface area (Å²) in [5.41, 5.74) is 3.48. The molecule has 0 amide bonds. The molecule has 3 nitrogen and oxygen atoms in total. The fourth-order valence-corrected chi connectivity index (χ4v) is 3.65. The Morgan fingerprint density at radius 2 is 2.00 bits per heavy atom. The Kier molecular flexibility index (Phi) is 5.30. The molecule has 1 fully saturated rings. The second kappa shape index (κ2) is 7.43. The van der Waals surface area contributed by atoms with Crippen molar-refractivity contribution in [3.05, 3.63) is 52.0 Å². The molecule has 2 heterocycles. The Morgan fingerprint density at radius 3 is 2.70 bits per heavy atom. The van der Waals surface area contributed by atoms with E-state index in [0.29, 0.717) is 0 Å². The Morgan fingerprint density at radius 1 is 1.22 bits per heavy atom. The summed E-state index contributed by atoms with van der Waals surface area (Å²) in [6.07, 6.45) is 0. The fourth-order valence-electron chi connectivity index (χ4n) is 2.98. The molecule has 1 aromatic heterocycles. The van der Waals surface area contributed by atoms with Gasteiger partial charge in [-0.05, 0) is 60.1 Å². The van der Waals surface area contributed by atoms with Crippen molar-refractivity contribution in [2.24, 2.45) is 0 Å². The molecular formula is C18H24FN3S. The van der Waals surface area contributed by atoms with Crippen LogP contribution >= 0.6 is 11.3 Å². The topological polar surface area (TPSA) is 18.5 Å². The van der Waals surface area contributed by atoms with E-state index in [1.165, 1.54) is 5.56 Å². The summed E-state index contributed by atoms with van der Waals surface area (Å²) in [7, 11) is 2.15. The molecule has 1 N–H and O–H groups in total. The molecule has 0 saturated carbocycles. The van der Waals surface area contributed by atoms with Gasteiger partial charge in [-0.15, -0.1) is 0 Å². The Hall–Kier alpha value is -1.43. The lowest BCUT2D eigenvalue weighted by Crippen LogP contribution is -2.45. The zero-order valence-corrected chi connectivity index (χ0v) is 14.6. The lowest BCUT2D eigenvalue weighted by atomic mass is 10.0. The average Bonchev–Trinajstić information content (AvgIpc) is 3.07. The highest BCUT2D eigenvalue weighted by Gasteiger charge is 2.20. The van der Waals surface area contributed by atoms with Gasteiger partial charge in [0, 0.05) is 44.5 Å². The number of likely N-dealkylation sites (N-methyl/N-ethyl adjacent to an activating group) is 1. The number of anilines is 1. The molecule has 0 spiro atoms. The van der Waals surface area contributed by atoms with Gasteiger partial charge in [0.15, 0.2) is 0 Å². The number of hydrogen-bond acceptors (Lipinski definition) is 4. The van der Waals surface area contributed by atoms with Crippen molar-refractivity contribution in [2.75, 3.05) is 38.1 Å². The predicted molar refractivity (Wildman–Crippen MR) is 95.7 cm³/mol. The van der Waals surface area contributed by atoms with Crippen LogP contribution in [0.1, 0.15) is 24.1 Å². The Labute approximate surface area is 141 Å². The van der Waals surface area contributed by atoms with Gasteiger partial charge in [-0.1, -0.05) is 0 Å². The van der Waals surface area contributed by atoms with Gasteiger partial charge in [-0.2, -0.15) is 11.3 Å². The summed E-state index contributed by atoms with van der Waals surface area (Å²) in [4.78, 5) is 4.70. The van der Waals surface area contributed by atoms with Gasteiger partial charge in [-0.25, -0.2) is 4.39 Å². The smallest absolute Gasteiger partial charge is 0.123 e. The molecule has 1 atom stereocenters. The zero-order valence-electron chi connectivity index (χ0n) is 13.8. The minimum atomic E-state index is -0.165. The second-order valence-electron chi connectivity index (χ2n) is 6.23. The molecule has 0 bridgehead atoms. The van der Waals surface area contributed by atoms with Gasteiger partial charge in [0.1, 0.15) is 5.82 Å². The maximum atomic E-state index is 13.8. The number of thiophene rings is 1. The molecule has 3 rings (SSSR count). The molecule has 0 aliphatic carbocycles. The molecule has 23 heavy (non-hydrogen) atoms. The first kappa shape index (κ1) is 16.4. The normalized spacial score (nSPS) is 17.4. The first-order valence-corrected chi connectivity index (χ1v) is 9.05. The van der Waals surface area contributed by atoms with Crippen LogP contribution in [-0.4, -0.2) is 38.1 Å². The van der Waals surface area contributed by atoms with Gasteiger partial charge < -0.3 is 15.1 Å². The maximum absolute atomic E-state index is 13.8. The van der Waals surface area contributed by atoms with Crippen molar-refractivity contribution < 1.29 is 4.39 Å². The number of nitrogens with zero attached hydrogens (tertiary/aromatic N) is 2. The average molecular weight is 333 g/mol. The van der Waals surface area contributed by atoms with Gasteiger partial charge in [-0.3, -0.25) is 0 Å². The quantitative estimate of drug-likeness (QED) is 0.904. The standard InChI is InChI=1S/C18H24FN3S/c1-14(20-12-15-5-10-23-13-15)17-11-16(19)3-4-18(17)22-8-6-21(2)7-9-22/h3-5,10-11,13-14,20H,6-9,12H2,1-2H3. The third-order valence-electron chi connectivity index (χ3n) is 4.49. The highest BCUT2D eigenvalue weighted by Crippen LogP contribution is 2.28. The SMILES string of the molecule is CC(NCc1ccsc1)c1cc(F)ccc1N1CCN(C)CC1. The number of nitrogens with one attached hydrogen (secondary N) is 1. The molecule has 1 aliphatic heterocycles. The van der Waals surface area contributed by atoms with E-state index < -0.39 is 0 Å². The van der Waals surface area contributed by atoms with E-state index in [-0.39, 0.29) is 11.9 Å². The maximum Gasteiger partial charge on any atom is 0.123 e. The highest BCUT2D eigenvalue weighted by atomic mass is 32.1. The van der Waals surface area contributed by atoms with Crippen molar-refractivity contribution in [3.8, 4) is 0 Å². The molecule has 1 saturated heterocycles. The summed E-state index contributed by atoms with van der Waals surface area (Å²) in [5, 5.41) is 7.75. The first-order valence-electron chi connectivity index (χ1n) is 8.11. The number of benzene rings is 1. The van der Waals surface area contributed by atoms with Crippen molar-refractivity contribution in [3.63, 3.8) is 0 Å². The summed E-state index contributed by atoms with van der Waals surface area (Å²) < 4.78 is 13.8. The molecule has 0 radical (unpaired) electrons. The molecule has 1 aromatic carbocycles. The second-order valence-corrected chi connectivity index (χ2v) is 7.01. The van der Waals surface area contributed by atoms with E-state index in [1.54, 1.807) is 23.5 Å². The van der Waals surface area contributed by atoms with Crippen LogP contribution in [0.25, 0.3) is 0 Å². The van der Waals surface area contributed by atoms with Crippen LogP contribution < -0.4 is 10.2 Å². The van der Waals surface area contributed by atoms with E-state index in [2.05, 4.69) is 45.9 Å². The lowest BCUT2D eigenvalue weighted by molar-refractivity contribution is 0.312. The summed E-state index contributed by atoms with van der Waals surface area (Å²) in [6, 6.07) is 7.41. The molecule has 2 aromatic rings. The van der Waals surface area contributed by atoms with E-state index in [4.69, 9.17) is 0 Å². The summed E-state index contributed by atoms with van der Waals surface area (Å²) >= 11 is 1.70. The third kappa shape index (κ3) is 4.10. The van der Waals surface area contributed by atoms with Crippen LogP contribution in [0.3, 0.4) is 0 Å². The monoisotopic (exact) mass is 333 g/mol. The minimum Gasteiger partial charge on any atom is -0.369 e. The largest absolute Gasteiger partial charge is 0.369 e. The van der Waals surface area contributed by atoms with Crippen LogP contribution in [-0.2, 0) is 6.54 Å². The van der Waals surface area contributed by atoms with E-state index in [9.17, 15) is 4.39 Å². The first-order chi connectivity index (χ1) is 11.1. The number of halogens is 1. The van der Waals surface area contributed by atoms with Crippen LogP contribution in [0, 0.1) is 5.82 Å². The molecule has 124 valence electrons. The Balaban J connectivity index is 1.75. The minimum absolute atomic E-state index is 0.111. The fraction of sp³-hybridized carbons (Fsp3) is 0.444. The third-order valence-corrected chi connectivity index (χ3v) is 5.22. The van der Waals surface area contributed by atoms with Gasteiger partial charge >= 0.3 is 0 Å². The van der Waals surface area contributed by atoms with Gasteiger partial charge in [0.2, 0.25) is 0 Å². The van der Waals surface area contributed by atoms with E-state index in [1.807, 2.05) is 6.07 Å². The predicted octanol–water partition coefficient (Wildman–Crippen LogP) is 3.49. The lowest BCUT2D eigenvalue weighted by Gasteiger charge is -2.36. The van der Waals surface area contributed by atoms with E-state index in [0.717, 1.165) is 44.0 Å².